The highest BCUT2D eigenvalue weighted by Gasteiger charge is 2.12. The van der Waals surface area contributed by atoms with E-state index >= 15 is 0 Å². The normalized spacial score (nSPS) is 11.1. The fourth-order valence-corrected chi connectivity index (χ4v) is 4.31. The number of hydrogen-bond donors (Lipinski definition) is 1. The number of nitrogens with two attached hydrogens (primary N) is 1. The van der Waals surface area contributed by atoms with Crippen LogP contribution in [0, 0.1) is 7.14 Å². The van der Waals surface area contributed by atoms with E-state index in [1.165, 1.54) is 11.3 Å². The van der Waals surface area contributed by atoms with Gasteiger partial charge in [0.2, 0.25) is 0 Å². The molecule has 96 valence electrons. The first-order chi connectivity index (χ1) is 9.04. The summed E-state index contributed by atoms with van der Waals surface area (Å²) in [4.78, 5) is 16.2. The molecule has 0 amide bonds. The molecule has 2 aromatic heterocycles. The van der Waals surface area contributed by atoms with Gasteiger partial charge in [-0.25, -0.2) is 9.78 Å². The number of halogens is 2. The van der Waals surface area contributed by atoms with Crippen LogP contribution in [0.1, 0.15) is 0 Å². The molecule has 0 atom stereocenters. The summed E-state index contributed by atoms with van der Waals surface area (Å²) in [6, 6.07) is 5.74. The molecule has 19 heavy (non-hydrogen) atoms. The molecule has 3 aromatic rings. The number of nitrogen functional groups attached to an aromatic ring is 1. The molecule has 7 heteroatoms. The topological polar surface area (TPSA) is 69.1 Å². The number of benzene rings is 1. The van der Waals surface area contributed by atoms with E-state index < -0.39 is 5.63 Å². The third-order valence-corrected chi connectivity index (χ3v) is 4.65. The van der Waals surface area contributed by atoms with Gasteiger partial charge in [0.25, 0.3) is 0 Å². The van der Waals surface area contributed by atoms with E-state index in [0.717, 1.165) is 12.5 Å². The summed E-state index contributed by atoms with van der Waals surface area (Å²) in [5.74, 6) is 0. The lowest BCUT2D eigenvalue weighted by molar-refractivity contribution is 0.561. The van der Waals surface area contributed by atoms with E-state index in [0.29, 0.717) is 22.0 Å². The molecular weight excluding hydrogens is 490 g/mol. The minimum absolute atomic E-state index is 0.392. The maximum absolute atomic E-state index is 12.0. The molecule has 3 rings (SSSR count). The fourth-order valence-electron chi connectivity index (χ4n) is 1.75. The predicted molar refractivity (Wildman–Crippen MR) is 93.4 cm³/mol. The van der Waals surface area contributed by atoms with Crippen LogP contribution in [0.4, 0.5) is 5.13 Å². The van der Waals surface area contributed by atoms with Gasteiger partial charge in [0.1, 0.15) is 0 Å². The Labute approximate surface area is 139 Å². The van der Waals surface area contributed by atoms with Gasteiger partial charge in [-0.1, -0.05) is 0 Å². The Morgan fingerprint density at radius 2 is 2.05 bits per heavy atom. The van der Waals surface area contributed by atoms with Crippen molar-refractivity contribution >= 4 is 72.6 Å². The molecule has 0 saturated heterocycles. The Hall–Kier alpha value is -0.680. The lowest BCUT2D eigenvalue weighted by atomic mass is 10.1. The van der Waals surface area contributed by atoms with E-state index in [2.05, 4.69) is 50.2 Å². The van der Waals surface area contributed by atoms with Crippen molar-refractivity contribution in [1.82, 2.24) is 4.98 Å². The van der Waals surface area contributed by atoms with Crippen molar-refractivity contribution in [3.63, 3.8) is 0 Å². The van der Waals surface area contributed by atoms with Crippen LogP contribution in [-0.2, 0) is 0 Å². The quantitative estimate of drug-likeness (QED) is 0.413. The molecule has 0 bridgehead atoms. The summed E-state index contributed by atoms with van der Waals surface area (Å²) in [6.45, 7) is 0. The van der Waals surface area contributed by atoms with Crippen LogP contribution in [0.15, 0.2) is 32.8 Å². The van der Waals surface area contributed by atoms with E-state index in [-0.39, 0.29) is 0 Å². The van der Waals surface area contributed by atoms with Crippen LogP contribution in [0.5, 0.6) is 0 Å². The first-order valence-corrected chi connectivity index (χ1v) is 8.22. The highest BCUT2D eigenvalue weighted by atomic mass is 127. The molecule has 0 aliphatic rings. The molecule has 0 aliphatic carbocycles. The number of rotatable bonds is 1. The number of anilines is 1. The molecule has 2 N–H and O–H groups in total. The van der Waals surface area contributed by atoms with Crippen molar-refractivity contribution in [2.45, 2.75) is 0 Å². The number of aromatic nitrogens is 1. The van der Waals surface area contributed by atoms with Gasteiger partial charge < -0.3 is 10.2 Å². The maximum Gasteiger partial charge on any atom is 0.345 e. The molecule has 2 heterocycles. The molecule has 0 spiro atoms. The third-order valence-electron chi connectivity index (χ3n) is 2.55. The Balaban J connectivity index is 2.33. The summed E-state index contributed by atoms with van der Waals surface area (Å²) in [5, 5.41) is 3.08. The van der Waals surface area contributed by atoms with Crippen molar-refractivity contribution in [2.24, 2.45) is 0 Å². The van der Waals surface area contributed by atoms with Gasteiger partial charge in [-0.15, -0.1) is 11.3 Å². The van der Waals surface area contributed by atoms with Gasteiger partial charge in [0.15, 0.2) is 10.7 Å². The summed E-state index contributed by atoms with van der Waals surface area (Å²) >= 11 is 5.70. The van der Waals surface area contributed by atoms with Gasteiger partial charge in [-0.2, -0.15) is 0 Å². The van der Waals surface area contributed by atoms with Crippen LogP contribution in [0.25, 0.3) is 22.2 Å². The second-order valence-corrected chi connectivity index (χ2v) is 7.12. The maximum atomic E-state index is 12.0. The van der Waals surface area contributed by atoms with Crippen molar-refractivity contribution < 1.29 is 4.42 Å². The van der Waals surface area contributed by atoms with E-state index in [9.17, 15) is 4.79 Å². The Kier molecular flexibility index (Phi) is 3.52. The summed E-state index contributed by atoms with van der Waals surface area (Å²) in [5.41, 5.74) is 6.82. The zero-order valence-corrected chi connectivity index (χ0v) is 14.4. The van der Waals surface area contributed by atoms with Crippen LogP contribution in [0.2, 0.25) is 0 Å². The van der Waals surface area contributed by atoms with Crippen molar-refractivity contribution in [1.29, 1.82) is 0 Å². The molecule has 1 aromatic carbocycles. The Morgan fingerprint density at radius 1 is 1.26 bits per heavy atom. The van der Waals surface area contributed by atoms with E-state index in [4.69, 9.17) is 10.2 Å². The SMILES string of the molecule is Nc1nc(-c2cc3cc(I)cc(I)c3oc2=O)cs1. The minimum Gasteiger partial charge on any atom is -0.421 e. The first kappa shape index (κ1) is 13.3. The van der Waals surface area contributed by atoms with Gasteiger partial charge in [0, 0.05) is 14.3 Å². The Bertz CT molecular complexity index is 841. The zero-order chi connectivity index (χ0) is 13.6. The third kappa shape index (κ3) is 2.50. The molecule has 4 nitrogen and oxygen atoms in total. The number of thiazole rings is 1. The van der Waals surface area contributed by atoms with Gasteiger partial charge >= 0.3 is 5.63 Å². The van der Waals surface area contributed by atoms with E-state index in [1.807, 2.05) is 12.1 Å². The van der Waals surface area contributed by atoms with Crippen LogP contribution < -0.4 is 11.4 Å². The van der Waals surface area contributed by atoms with Gasteiger partial charge in [-0.05, 0) is 63.4 Å². The molecule has 0 fully saturated rings. The standard InChI is InChI=1S/C12H6I2N2O2S/c13-6-1-5-2-7(9-4-19-12(15)16-9)11(17)18-10(5)8(14)3-6/h1-4H,(H2,15,16). The molecule has 0 radical (unpaired) electrons. The Morgan fingerprint density at radius 3 is 2.74 bits per heavy atom. The molecule has 0 unspecified atom stereocenters. The minimum atomic E-state index is -0.392. The van der Waals surface area contributed by atoms with Crippen molar-refractivity contribution in [3.05, 3.63) is 41.1 Å². The van der Waals surface area contributed by atoms with Crippen molar-refractivity contribution in [3.8, 4) is 11.3 Å². The molecular formula is C12H6I2N2O2S. The number of hydrogen-bond acceptors (Lipinski definition) is 5. The fraction of sp³-hybridized carbons (Fsp3) is 0. The number of nitrogens with zero attached hydrogens (tertiary/aromatic N) is 1. The van der Waals surface area contributed by atoms with Gasteiger partial charge in [-0.3, -0.25) is 0 Å². The lowest BCUT2D eigenvalue weighted by Gasteiger charge is -2.02. The highest BCUT2D eigenvalue weighted by molar-refractivity contribution is 14.1. The average molecular weight is 496 g/mol. The smallest absolute Gasteiger partial charge is 0.345 e. The highest BCUT2D eigenvalue weighted by Crippen LogP contribution is 2.27. The van der Waals surface area contributed by atoms with Crippen LogP contribution in [-0.4, -0.2) is 4.98 Å². The lowest BCUT2D eigenvalue weighted by Crippen LogP contribution is -2.03. The largest absolute Gasteiger partial charge is 0.421 e. The summed E-state index contributed by atoms with van der Waals surface area (Å²) < 4.78 is 7.41. The number of fused-ring (bicyclic) bond motifs is 1. The van der Waals surface area contributed by atoms with Crippen LogP contribution in [0.3, 0.4) is 0 Å². The average Bonchev–Trinajstić information content (AvgIpc) is 2.76. The van der Waals surface area contributed by atoms with E-state index in [1.54, 1.807) is 11.4 Å². The second kappa shape index (κ2) is 5.02. The first-order valence-electron chi connectivity index (χ1n) is 5.19. The predicted octanol–water partition coefficient (Wildman–Crippen LogP) is 3.71. The summed E-state index contributed by atoms with van der Waals surface area (Å²) in [7, 11) is 0. The molecule has 0 saturated carbocycles. The van der Waals surface area contributed by atoms with Crippen LogP contribution >= 0.6 is 56.5 Å². The van der Waals surface area contributed by atoms with Gasteiger partial charge in [0.05, 0.1) is 14.8 Å². The summed E-state index contributed by atoms with van der Waals surface area (Å²) in [6.07, 6.45) is 0. The van der Waals surface area contributed by atoms with Crippen molar-refractivity contribution in [2.75, 3.05) is 5.73 Å². The molecule has 0 aliphatic heterocycles. The monoisotopic (exact) mass is 496 g/mol. The zero-order valence-electron chi connectivity index (χ0n) is 9.31. The second-order valence-electron chi connectivity index (χ2n) is 3.82.